The van der Waals surface area contributed by atoms with Crippen molar-refractivity contribution in [2.75, 3.05) is 12.9 Å². The summed E-state index contributed by atoms with van der Waals surface area (Å²) in [5.41, 5.74) is 0.780. The van der Waals surface area contributed by atoms with Gasteiger partial charge in [-0.15, -0.1) is 0 Å². The van der Waals surface area contributed by atoms with Crippen molar-refractivity contribution < 1.29 is 14.6 Å². The highest BCUT2D eigenvalue weighted by molar-refractivity contribution is 7.99. The summed E-state index contributed by atoms with van der Waals surface area (Å²) in [6, 6.07) is 7.43. The number of carbonyl (C=O) groups is 1. The number of aliphatic carboxylic acids is 1. The Hall–Kier alpha value is -2.02. The van der Waals surface area contributed by atoms with Crippen molar-refractivity contribution >= 4 is 17.7 Å². The van der Waals surface area contributed by atoms with E-state index in [4.69, 9.17) is 9.84 Å². The molecule has 0 amide bonds. The van der Waals surface area contributed by atoms with Gasteiger partial charge >= 0.3 is 5.97 Å². The lowest BCUT2D eigenvalue weighted by molar-refractivity contribution is -0.133. The normalized spacial score (nSPS) is 10.4. The highest BCUT2D eigenvalue weighted by atomic mass is 32.2. The first-order valence-corrected chi connectivity index (χ1v) is 6.49. The van der Waals surface area contributed by atoms with E-state index < -0.39 is 5.97 Å². The van der Waals surface area contributed by atoms with E-state index in [1.807, 2.05) is 24.3 Å². The molecular weight excluding hydrogens is 266 g/mol. The summed E-state index contributed by atoms with van der Waals surface area (Å²) >= 11 is 1.13. The Bertz CT molecular complexity index is 598. The highest BCUT2D eigenvalue weighted by Crippen LogP contribution is 2.28. The Labute approximate surface area is 114 Å². The monoisotopic (exact) mass is 279 g/mol. The zero-order chi connectivity index (χ0) is 13.8. The minimum absolute atomic E-state index is 0.0438. The quantitative estimate of drug-likeness (QED) is 0.839. The van der Waals surface area contributed by atoms with E-state index in [1.165, 1.54) is 0 Å². The number of para-hydroxylation sites is 1. The average molecular weight is 279 g/mol. The van der Waals surface area contributed by atoms with E-state index in [1.54, 1.807) is 18.8 Å². The second-order valence-corrected chi connectivity index (χ2v) is 4.67. The van der Waals surface area contributed by atoms with Crippen molar-refractivity contribution in [2.24, 2.45) is 7.05 Å². The van der Waals surface area contributed by atoms with Gasteiger partial charge in [0.05, 0.1) is 18.4 Å². The third-order valence-corrected chi connectivity index (χ3v) is 3.40. The number of rotatable bonds is 5. The molecule has 100 valence electrons. The zero-order valence-corrected chi connectivity index (χ0v) is 11.3. The molecule has 0 atom stereocenters. The number of thioether (sulfide) groups is 1. The van der Waals surface area contributed by atoms with Crippen LogP contribution in [0.3, 0.4) is 0 Å². The van der Waals surface area contributed by atoms with E-state index in [0.717, 1.165) is 17.3 Å². The molecule has 0 unspecified atom stereocenters. The van der Waals surface area contributed by atoms with E-state index in [9.17, 15) is 4.79 Å². The number of aromatic nitrogens is 3. The number of carboxylic acid groups (broad SMARTS) is 1. The molecule has 1 N–H and O–H groups in total. The van der Waals surface area contributed by atoms with Gasteiger partial charge in [0.25, 0.3) is 0 Å². The summed E-state index contributed by atoms with van der Waals surface area (Å²) in [6.07, 6.45) is 0. The van der Waals surface area contributed by atoms with Crippen LogP contribution >= 0.6 is 11.8 Å². The molecule has 0 saturated heterocycles. The fourth-order valence-electron chi connectivity index (χ4n) is 1.57. The molecule has 7 heteroatoms. The number of methoxy groups -OCH3 is 1. The molecule has 1 heterocycles. The first-order chi connectivity index (χ1) is 9.11. The summed E-state index contributed by atoms with van der Waals surface area (Å²) in [5, 5.41) is 13.5. The molecule has 0 aliphatic rings. The maximum absolute atomic E-state index is 10.6. The fourth-order valence-corrected chi connectivity index (χ4v) is 2.20. The predicted octanol–water partition coefficient (Wildman–Crippen LogP) is 1.67. The number of nitrogens with zero attached hydrogens (tertiary/aromatic N) is 3. The minimum Gasteiger partial charge on any atom is -0.496 e. The number of benzene rings is 1. The van der Waals surface area contributed by atoms with Crippen molar-refractivity contribution in [3.8, 4) is 17.1 Å². The summed E-state index contributed by atoms with van der Waals surface area (Å²) in [4.78, 5) is 14.9. The van der Waals surface area contributed by atoms with Gasteiger partial charge in [-0.2, -0.15) is 5.10 Å². The van der Waals surface area contributed by atoms with Crippen molar-refractivity contribution in [1.29, 1.82) is 0 Å². The fraction of sp³-hybridized carbons (Fsp3) is 0.250. The Morgan fingerprint density at radius 1 is 1.47 bits per heavy atom. The second-order valence-electron chi connectivity index (χ2n) is 3.72. The molecule has 1 aromatic carbocycles. The predicted molar refractivity (Wildman–Crippen MR) is 71.4 cm³/mol. The van der Waals surface area contributed by atoms with Crippen LogP contribution in [0.15, 0.2) is 29.4 Å². The third-order valence-electron chi connectivity index (χ3n) is 2.40. The lowest BCUT2D eigenvalue weighted by Gasteiger charge is -2.03. The van der Waals surface area contributed by atoms with Crippen LogP contribution in [-0.4, -0.2) is 38.7 Å². The number of ether oxygens (including phenoxy) is 1. The number of hydrogen-bond donors (Lipinski definition) is 1. The van der Waals surface area contributed by atoms with Gasteiger partial charge in [-0.05, 0) is 12.1 Å². The van der Waals surface area contributed by atoms with E-state index in [0.29, 0.717) is 16.7 Å². The first kappa shape index (κ1) is 13.4. The van der Waals surface area contributed by atoms with E-state index in [2.05, 4.69) is 10.1 Å². The molecule has 2 aromatic rings. The molecular formula is C12H13N3O3S. The van der Waals surface area contributed by atoms with Crippen LogP contribution in [0.1, 0.15) is 0 Å². The maximum Gasteiger partial charge on any atom is 0.313 e. The summed E-state index contributed by atoms with van der Waals surface area (Å²) in [6.45, 7) is 0. The Morgan fingerprint density at radius 3 is 2.89 bits per heavy atom. The Morgan fingerprint density at radius 2 is 2.21 bits per heavy atom. The lowest BCUT2D eigenvalue weighted by atomic mass is 10.2. The van der Waals surface area contributed by atoms with Gasteiger partial charge in [0.2, 0.25) is 0 Å². The lowest BCUT2D eigenvalue weighted by Crippen LogP contribution is -2.00. The molecule has 2 rings (SSSR count). The summed E-state index contributed by atoms with van der Waals surface area (Å²) in [5.74, 6) is 0.278. The maximum atomic E-state index is 10.6. The Balaban J connectivity index is 2.31. The van der Waals surface area contributed by atoms with Gasteiger partial charge in [-0.1, -0.05) is 23.9 Å². The molecule has 6 nitrogen and oxygen atoms in total. The van der Waals surface area contributed by atoms with Crippen molar-refractivity contribution in [3.05, 3.63) is 24.3 Å². The van der Waals surface area contributed by atoms with Gasteiger partial charge < -0.3 is 9.84 Å². The second kappa shape index (κ2) is 5.75. The van der Waals surface area contributed by atoms with E-state index in [-0.39, 0.29) is 5.75 Å². The molecule has 0 fully saturated rings. The molecule has 1 aromatic heterocycles. The first-order valence-electron chi connectivity index (χ1n) is 5.51. The van der Waals surface area contributed by atoms with Gasteiger partial charge in [-0.3, -0.25) is 4.79 Å². The van der Waals surface area contributed by atoms with Crippen LogP contribution in [0, 0.1) is 0 Å². The van der Waals surface area contributed by atoms with Crippen molar-refractivity contribution in [3.63, 3.8) is 0 Å². The van der Waals surface area contributed by atoms with Gasteiger partial charge in [0.1, 0.15) is 5.75 Å². The summed E-state index contributed by atoms with van der Waals surface area (Å²) < 4.78 is 6.82. The largest absolute Gasteiger partial charge is 0.496 e. The molecule has 0 saturated carbocycles. The smallest absolute Gasteiger partial charge is 0.313 e. The number of aryl methyl sites for hydroxylation is 1. The molecule has 19 heavy (non-hydrogen) atoms. The minimum atomic E-state index is -0.883. The van der Waals surface area contributed by atoms with Gasteiger partial charge in [-0.25, -0.2) is 9.67 Å². The number of carboxylic acids is 1. The summed E-state index contributed by atoms with van der Waals surface area (Å²) in [7, 11) is 3.32. The molecule has 0 radical (unpaired) electrons. The van der Waals surface area contributed by atoms with Gasteiger partial charge in [0.15, 0.2) is 11.0 Å². The van der Waals surface area contributed by atoms with Crippen LogP contribution in [0.2, 0.25) is 0 Å². The van der Waals surface area contributed by atoms with E-state index >= 15 is 0 Å². The number of hydrogen-bond acceptors (Lipinski definition) is 5. The van der Waals surface area contributed by atoms with Crippen molar-refractivity contribution in [1.82, 2.24) is 14.8 Å². The Kier molecular flexibility index (Phi) is 4.06. The average Bonchev–Trinajstić information content (AvgIpc) is 2.77. The van der Waals surface area contributed by atoms with Crippen molar-refractivity contribution in [2.45, 2.75) is 5.16 Å². The highest BCUT2D eigenvalue weighted by Gasteiger charge is 2.14. The van der Waals surface area contributed by atoms with Crippen LogP contribution in [-0.2, 0) is 11.8 Å². The van der Waals surface area contributed by atoms with Crippen LogP contribution < -0.4 is 4.74 Å². The van der Waals surface area contributed by atoms with Crippen LogP contribution in [0.5, 0.6) is 5.75 Å². The zero-order valence-electron chi connectivity index (χ0n) is 10.5. The molecule has 0 spiro atoms. The molecule has 0 bridgehead atoms. The van der Waals surface area contributed by atoms with Gasteiger partial charge in [0, 0.05) is 7.05 Å². The van der Waals surface area contributed by atoms with Crippen LogP contribution in [0.4, 0.5) is 0 Å². The molecule has 0 aliphatic heterocycles. The topological polar surface area (TPSA) is 77.2 Å². The van der Waals surface area contributed by atoms with Crippen LogP contribution in [0.25, 0.3) is 11.4 Å². The standard InChI is InChI=1S/C12H13N3O3S/c1-15-12(19-7-10(16)17)13-11(14-15)8-5-3-4-6-9(8)18-2/h3-6H,7H2,1-2H3,(H,16,17). The SMILES string of the molecule is COc1ccccc1-c1nc(SCC(=O)O)n(C)n1. The third kappa shape index (κ3) is 3.05. The molecule has 0 aliphatic carbocycles.